The average Bonchev–Trinajstić information content (AvgIpc) is 2.17. The summed E-state index contributed by atoms with van der Waals surface area (Å²) in [5.41, 5.74) is -2.22. The van der Waals surface area contributed by atoms with Crippen LogP contribution in [0.4, 0.5) is 23.7 Å². The minimum absolute atomic E-state index is 0.497. The molecule has 3 N–H and O–H groups in total. The molecule has 0 saturated heterocycles. The number of carbonyl (C=O) groups is 1. The summed E-state index contributed by atoms with van der Waals surface area (Å²) < 4.78 is 50.1. The van der Waals surface area contributed by atoms with Gasteiger partial charge < -0.3 is 19.8 Å². The van der Waals surface area contributed by atoms with Gasteiger partial charge in [0.05, 0.1) is 5.69 Å². The fourth-order valence-corrected chi connectivity index (χ4v) is 1.24. The van der Waals surface area contributed by atoms with Crippen LogP contribution in [0.5, 0.6) is 5.75 Å². The Kier molecular flexibility index (Phi) is 4.00. The predicted molar refractivity (Wildman–Crippen MR) is 54.2 cm³/mol. The zero-order chi connectivity index (χ0) is 14.0. The second-order valence-electron chi connectivity index (χ2n) is 3.02. The molecule has 0 saturated carbocycles. The van der Waals surface area contributed by atoms with E-state index in [1.165, 1.54) is 12.1 Å². The van der Waals surface area contributed by atoms with Gasteiger partial charge in [0, 0.05) is 0 Å². The summed E-state index contributed by atoms with van der Waals surface area (Å²) in [6.45, 7) is 0. The molecular formula is C8H7F3NO5P. The summed E-state index contributed by atoms with van der Waals surface area (Å²) in [7, 11) is -5.08. The van der Waals surface area contributed by atoms with E-state index in [0.717, 1.165) is 12.1 Å². The van der Waals surface area contributed by atoms with Gasteiger partial charge in [-0.05, 0) is 12.1 Å². The first kappa shape index (κ1) is 14.5. The van der Waals surface area contributed by atoms with E-state index in [1.807, 2.05) is 0 Å². The van der Waals surface area contributed by atoms with Gasteiger partial charge in [-0.25, -0.2) is 4.57 Å². The molecule has 1 aromatic rings. The highest BCUT2D eigenvalue weighted by molar-refractivity contribution is 7.70. The number of alkyl halides is 3. The zero-order valence-electron chi connectivity index (χ0n) is 8.51. The molecule has 0 fully saturated rings. The number of anilines is 1. The summed E-state index contributed by atoms with van der Waals surface area (Å²) in [5, 5.41) is 1.65. The molecule has 10 heteroatoms. The molecule has 1 aromatic carbocycles. The second-order valence-corrected chi connectivity index (χ2v) is 4.51. The van der Waals surface area contributed by atoms with Crippen molar-refractivity contribution in [1.82, 2.24) is 0 Å². The molecule has 18 heavy (non-hydrogen) atoms. The van der Waals surface area contributed by atoms with E-state index < -0.39 is 31.0 Å². The van der Waals surface area contributed by atoms with Crippen molar-refractivity contribution in [3.05, 3.63) is 24.3 Å². The number of benzene rings is 1. The number of para-hydroxylation sites is 2. The monoisotopic (exact) mass is 285 g/mol. The van der Waals surface area contributed by atoms with Crippen molar-refractivity contribution < 1.29 is 37.1 Å². The van der Waals surface area contributed by atoms with Crippen molar-refractivity contribution in [3.63, 3.8) is 0 Å². The van der Waals surface area contributed by atoms with Crippen molar-refractivity contribution >= 4 is 18.9 Å². The molecule has 0 atom stereocenters. The van der Waals surface area contributed by atoms with Crippen LogP contribution in [0, 0.1) is 0 Å². The fraction of sp³-hybridized carbons (Fsp3) is 0.125. The minimum atomic E-state index is -5.08. The normalized spacial score (nSPS) is 12.1. The summed E-state index contributed by atoms with van der Waals surface area (Å²) in [5.74, 6) is -0.771. The van der Waals surface area contributed by atoms with Gasteiger partial charge in [0.2, 0.25) is 0 Å². The van der Waals surface area contributed by atoms with Gasteiger partial charge in [-0.1, -0.05) is 12.1 Å². The van der Waals surface area contributed by atoms with Crippen LogP contribution < -0.4 is 10.1 Å². The molecule has 0 aliphatic heterocycles. The van der Waals surface area contributed by atoms with Gasteiger partial charge in [-0.2, -0.15) is 0 Å². The van der Waals surface area contributed by atoms with Gasteiger partial charge in [0.15, 0.2) is 5.75 Å². The molecule has 6 nitrogen and oxygen atoms in total. The van der Waals surface area contributed by atoms with Crippen LogP contribution in [0.1, 0.15) is 0 Å². The van der Waals surface area contributed by atoms with Gasteiger partial charge in [-0.15, -0.1) is 13.2 Å². The van der Waals surface area contributed by atoms with E-state index in [9.17, 15) is 22.5 Å². The number of hydrogen-bond donors (Lipinski definition) is 3. The first-order chi connectivity index (χ1) is 8.09. The van der Waals surface area contributed by atoms with Crippen molar-refractivity contribution in [1.29, 1.82) is 0 Å². The topological polar surface area (TPSA) is 95.9 Å². The van der Waals surface area contributed by atoms with E-state index in [1.54, 1.807) is 5.32 Å². The lowest BCUT2D eigenvalue weighted by atomic mass is 10.3. The largest absolute Gasteiger partial charge is 0.573 e. The van der Waals surface area contributed by atoms with Crippen LogP contribution in [-0.2, 0) is 4.57 Å². The van der Waals surface area contributed by atoms with Gasteiger partial charge in [-0.3, -0.25) is 4.79 Å². The maximum Gasteiger partial charge on any atom is 0.573 e. The summed E-state index contributed by atoms with van der Waals surface area (Å²) in [4.78, 5) is 28.0. The Morgan fingerprint density at radius 1 is 1.28 bits per heavy atom. The third kappa shape index (κ3) is 4.36. The second kappa shape index (κ2) is 4.97. The zero-order valence-corrected chi connectivity index (χ0v) is 9.40. The van der Waals surface area contributed by atoms with Crippen molar-refractivity contribution in [2.24, 2.45) is 0 Å². The first-order valence-corrected chi connectivity index (χ1v) is 5.93. The Labute approximate surface area is 98.5 Å². The molecule has 0 unspecified atom stereocenters. The smallest absolute Gasteiger partial charge is 0.404 e. The molecule has 0 aliphatic carbocycles. The molecule has 1 amide bonds. The third-order valence-electron chi connectivity index (χ3n) is 1.62. The summed E-state index contributed by atoms with van der Waals surface area (Å²) in [6, 6.07) is 4.37. The molecular weight excluding hydrogens is 278 g/mol. The van der Waals surface area contributed by atoms with E-state index in [0.29, 0.717) is 0 Å². The number of ether oxygens (including phenoxy) is 1. The lowest BCUT2D eigenvalue weighted by molar-refractivity contribution is -0.274. The number of rotatable bonds is 3. The van der Waals surface area contributed by atoms with Crippen LogP contribution in [-0.4, -0.2) is 21.8 Å². The number of halogens is 3. The van der Waals surface area contributed by atoms with E-state index in [-0.39, 0.29) is 0 Å². The molecule has 0 radical (unpaired) electrons. The lowest BCUT2D eigenvalue weighted by Crippen LogP contribution is -2.19. The minimum Gasteiger partial charge on any atom is -0.404 e. The highest BCUT2D eigenvalue weighted by Gasteiger charge is 2.33. The molecule has 0 bridgehead atoms. The number of carbonyl (C=O) groups excluding carboxylic acids is 1. The number of amides is 1. The van der Waals surface area contributed by atoms with Crippen molar-refractivity contribution in [2.75, 3.05) is 5.32 Å². The molecule has 100 valence electrons. The van der Waals surface area contributed by atoms with Gasteiger partial charge in [0.25, 0.3) is 0 Å². The van der Waals surface area contributed by atoms with Crippen LogP contribution in [0.3, 0.4) is 0 Å². The average molecular weight is 285 g/mol. The van der Waals surface area contributed by atoms with Gasteiger partial charge >= 0.3 is 19.6 Å². The van der Waals surface area contributed by atoms with E-state index in [2.05, 4.69) is 4.74 Å². The lowest BCUT2D eigenvalue weighted by Gasteiger charge is -2.13. The van der Waals surface area contributed by atoms with E-state index >= 15 is 0 Å². The molecule has 0 aromatic heterocycles. The molecule has 0 heterocycles. The van der Waals surface area contributed by atoms with Crippen LogP contribution in [0.15, 0.2) is 24.3 Å². The predicted octanol–water partition coefficient (Wildman–Crippen LogP) is 2.29. The Balaban J connectivity index is 2.97. The van der Waals surface area contributed by atoms with Gasteiger partial charge in [0.1, 0.15) is 0 Å². The summed E-state index contributed by atoms with van der Waals surface area (Å²) >= 11 is 0. The highest BCUT2D eigenvalue weighted by Crippen LogP contribution is 2.38. The number of hydrogen-bond acceptors (Lipinski definition) is 3. The van der Waals surface area contributed by atoms with Crippen LogP contribution >= 0.6 is 7.60 Å². The van der Waals surface area contributed by atoms with Crippen LogP contribution in [0.25, 0.3) is 0 Å². The maximum absolute atomic E-state index is 12.0. The van der Waals surface area contributed by atoms with Crippen molar-refractivity contribution in [3.8, 4) is 5.75 Å². The molecule has 0 aliphatic rings. The Bertz CT molecular complexity index is 498. The highest BCUT2D eigenvalue weighted by atomic mass is 31.2. The Morgan fingerprint density at radius 3 is 2.33 bits per heavy atom. The van der Waals surface area contributed by atoms with Crippen LogP contribution in [0.2, 0.25) is 0 Å². The molecule has 1 rings (SSSR count). The quantitative estimate of drug-likeness (QED) is 0.740. The van der Waals surface area contributed by atoms with E-state index in [4.69, 9.17) is 9.79 Å². The Hall–Kier alpha value is -1.57. The summed E-state index contributed by atoms with van der Waals surface area (Å²) in [6.07, 6.45) is -4.98. The third-order valence-corrected chi connectivity index (χ3v) is 2.26. The fourth-order valence-electron chi connectivity index (χ4n) is 0.972. The standard InChI is InChI=1S/C8H7F3NO5P/c9-8(10,11)17-6-4-2-1-3-5(6)12-7(13)18(14,15)16/h1-4H,(H,12,13)(H2,14,15,16). The maximum atomic E-state index is 12.0. The SMILES string of the molecule is O=C(Nc1ccccc1OC(F)(F)F)P(=O)(O)O. The Morgan fingerprint density at radius 2 is 1.83 bits per heavy atom. The number of nitrogens with one attached hydrogen (secondary N) is 1. The first-order valence-electron chi connectivity index (χ1n) is 4.31. The molecule has 0 spiro atoms. The van der Waals surface area contributed by atoms with Crippen molar-refractivity contribution in [2.45, 2.75) is 6.36 Å².